The van der Waals surface area contributed by atoms with E-state index in [1.165, 1.54) is 4.90 Å². The number of nitrogens with one attached hydrogen (secondary N) is 1. The molecule has 0 saturated carbocycles. The zero-order valence-corrected chi connectivity index (χ0v) is 11.0. The molecule has 0 saturated heterocycles. The van der Waals surface area contributed by atoms with Gasteiger partial charge >= 0.3 is 0 Å². The third-order valence-corrected chi connectivity index (χ3v) is 3.29. The van der Waals surface area contributed by atoms with E-state index in [-0.39, 0.29) is 18.5 Å². The molecular formula is C15H13N3O2. The Hall–Kier alpha value is -2.69. The smallest absolute Gasteiger partial charge is 0.263 e. The van der Waals surface area contributed by atoms with Gasteiger partial charge in [0.1, 0.15) is 5.82 Å². The molecule has 0 radical (unpaired) electrons. The van der Waals surface area contributed by atoms with E-state index >= 15 is 0 Å². The second-order valence-electron chi connectivity index (χ2n) is 4.59. The number of aromatic nitrogens is 1. The molecule has 5 nitrogen and oxygen atoms in total. The number of rotatable bonds is 3. The minimum Gasteiger partial charge on any atom is -0.352 e. The van der Waals surface area contributed by atoms with Crippen LogP contribution in [0.15, 0.2) is 42.6 Å². The number of aryl methyl sites for hydroxylation is 1. The minimum atomic E-state index is -0.272. The van der Waals surface area contributed by atoms with Gasteiger partial charge < -0.3 is 5.32 Å². The van der Waals surface area contributed by atoms with Crippen LogP contribution in [0.1, 0.15) is 26.3 Å². The molecule has 0 spiro atoms. The van der Waals surface area contributed by atoms with Crippen molar-refractivity contribution >= 4 is 17.6 Å². The standard InChI is InChI=1S/C15H13N3O2/c1-10-5-4-8-16-13(10)17-9-18-14(19)11-6-2-3-7-12(11)15(18)20/h2-8H,9H2,1H3,(H,16,17). The number of anilines is 1. The quantitative estimate of drug-likeness (QED) is 0.865. The fourth-order valence-corrected chi connectivity index (χ4v) is 2.21. The lowest BCUT2D eigenvalue weighted by atomic mass is 10.1. The van der Waals surface area contributed by atoms with Crippen LogP contribution < -0.4 is 5.32 Å². The molecule has 100 valence electrons. The predicted octanol–water partition coefficient (Wildman–Crippen LogP) is 2.06. The van der Waals surface area contributed by atoms with Crippen LogP contribution in [0.2, 0.25) is 0 Å². The van der Waals surface area contributed by atoms with Gasteiger partial charge in [0.2, 0.25) is 0 Å². The molecular weight excluding hydrogens is 254 g/mol. The van der Waals surface area contributed by atoms with Crippen LogP contribution in [-0.4, -0.2) is 28.4 Å². The summed E-state index contributed by atoms with van der Waals surface area (Å²) in [7, 11) is 0. The molecule has 0 bridgehead atoms. The number of benzene rings is 1. The maximum Gasteiger partial charge on any atom is 0.263 e. The van der Waals surface area contributed by atoms with Crippen molar-refractivity contribution in [1.82, 2.24) is 9.88 Å². The summed E-state index contributed by atoms with van der Waals surface area (Å²) in [6, 6.07) is 10.6. The average Bonchev–Trinajstić information content (AvgIpc) is 2.71. The van der Waals surface area contributed by atoms with E-state index in [4.69, 9.17) is 0 Å². The molecule has 3 rings (SSSR count). The number of imide groups is 1. The summed E-state index contributed by atoms with van der Waals surface area (Å²) in [6.07, 6.45) is 1.66. The predicted molar refractivity (Wildman–Crippen MR) is 74.4 cm³/mol. The molecule has 0 fully saturated rings. The van der Waals surface area contributed by atoms with Gasteiger partial charge in [-0.05, 0) is 30.7 Å². The molecule has 20 heavy (non-hydrogen) atoms. The van der Waals surface area contributed by atoms with Crippen LogP contribution in [0.3, 0.4) is 0 Å². The molecule has 2 heterocycles. The first-order chi connectivity index (χ1) is 9.68. The van der Waals surface area contributed by atoms with Gasteiger partial charge in [0.05, 0.1) is 17.8 Å². The van der Waals surface area contributed by atoms with Crippen LogP contribution in [0.4, 0.5) is 5.82 Å². The Bertz CT molecular complexity index is 662. The van der Waals surface area contributed by atoms with Gasteiger partial charge in [0, 0.05) is 6.20 Å². The van der Waals surface area contributed by atoms with Crippen LogP contribution >= 0.6 is 0 Å². The van der Waals surface area contributed by atoms with Crippen molar-refractivity contribution in [2.75, 3.05) is 12.0 Å². The van der Waals surface area contributed by atoms with Gasteiger partial charge in [-0.3, -0.25) is 14.5 Å². The number of nitrogens with zero attached hydrogens (tertiary/aromatic N) is 2. The normalized spacial score (nSPS) is 13.6. The van der Waals surface area contributed by atoms with E-state index in [1.54, 1.807) is 30.5 Å². The number of carbonyl (C=O) groups is 2. The lowest BCUT2D eigenvalue weighted by molar-refractivity contribution is 0.0665. The average molecular weight is 267 g/mol. The highest BCUT2D eigenvalue weighted by atomic mass is 16.2. The lowest BCUT2D eigenvalue weighted by Gasteiger charge is -2.16. The van der Waals surface area contributed by atoms with E-state index in [1.807, 2.05) is 19.1 Å². The van der Waals surface area contributed by atoms with E-state index in [0.29, 0.717) is 16.9 Å². The fourth-order valence-electron chi connectivity index (χ4n) is 2.21. The first-order valence-electron chi connectivity index (χ1n) is 6.29. The molecule has 1 aliphatic heterocycles. The Morgan fingerprint density at radius 3 is 2.30 bits per heavy atom. The number of pyridine rings is 1. The molecule has 1 aliphatic rings. The van der Waals surface area contributed by atoms with E-state index in [2.05, 4.69) is 10.3 Å². The van der Waals surface area contributed by atoms with Crippen molar-refractivity contribution in [2.24, 2.45) is 0 Å². The molecule has 2 aromatic rings. The van der Waals surface area contributed by atoms with Crippen molar-refractivity contribution in [3.8, 4) is 0 Å². The van der Waals surface area contributed by atoms with Crippen molar-refractivity contribution in [2.45, 2.75) is 6.92 Å². The Kier molecular flexibility index (Phi) is 2.95. The van der Waals surface area contributed by atoms with Crippen molar-refractivity contribution in [3.05, 3.63) is 59.3 Å². The van der Waals surface area contributed by atoms with E-state index < -0.39 is 0 Å². The highest BCUT2D eigenvalue weighted by Crippen LogP contribution is 2.22. The van der Waals surface area contributed by atoms with Gasteiger partial charge in [0.25, 0.3) is 11.8 Å². The third kappa shape index (κ3) is 1.93. The molecule has 0 atom stereocenters. The maximum atomic E-state index is 12.2. The van der Waals surface area contributed by atoms with E-state index in [0.717, 1.165) is 5.56 Å². The number of carbonyl (C=O) groups excluding carboxylic acids is 2. The summed E-state index contributed by atoms with van der Waals surface area (Å²) in [5.74, 6) is 0.127. The monoisotopic (exact) mass is 267 g/mol. The van der Waals surface area contributed by atoms with Crippen LogP contribution in [-0.2, 0) is 0 Å². The molecule has 0 unspecified atom stereocenters. The first kappa shape index (κ1) is 12.3. The summed E-state index contributed by atoms with van der Waals surface area (Å²) in [5.41, 5.74) is 1.87. The molecule has 1 aromatic heterocycles. The largest absolute Gasteiger partial charge is 0.352 e. The second-order valence-corrected chi connectivity index (χ2v) is 4.59. The number of hydrogen-bond donors (Lipinski definition) is 1. The highest BCUT2D eigenvalue weighted by Gasteiger charge is 2.34. The third-order valence-electron chi connectivity index (χ3n) is 3.29. The summed E-state index contributed by atoms with van der Waals surface area (Å²) >= 11 is 0. The topological polar surface area (TPSA) is 62.3 Å². The van der Waals surface area contributed by atoms with Gasteiger partial charge in [-0.1, -0.05) is 18.2 Å². The Balaban J connectivity index is 1.79. The van der Waals surface area contributed by atoms with E-state index in [9.17, 15) is 9.59 Å². The first-order valence-corrected chi connectivity index (χ1v) is 6.29. The summed E-state index contributed by atoms with van der Waals surface area (Å²) in [4.78, 5) is 29.7. The molecule has 1 N–H and O–H groups in total. The number of hydrogen-bond acceptors (Lipinski definition) is 4. The zero-order valence-electron chi connectivity index (χ0n) is 11.0. The van der Waals surface area contributed by atoms with Gasteiger partial charge in [0.15, 0.2) is 0 Å². The van der Waals surface area contributed by atoms with Crippen molar-refractivity contribution < 1.29 is 9.59 Å². The minimum absolute atomic E-state index is 0.115. The highest BCUT2D eigenvalue weighted by molar-refractivity contribution is 6.21. The second kappa shape index (κ2) is 4.77. The fraction of sp³-hybridized carbons (Fsp3) is 0.133. The molecule has 2 amide bonds. The maximum absolute atomic E-state index is 12.2. The Morgan fingerprint density at radius 2 is 1.70 bits per heavy atom. The van der Waals surface area contributed by atoms with Gasteiger partial charge in [-0.25, -0.2) is 4.98 Å². The molecule has 1 aromatic carbocycles. The Morgan fingerprint density at radius 1 is 1.05 bits per heavy atom. The number of fused-ring (bicyclic) bond motifs is 1. The van der Waals surface area contributed by atoms with Crippen LogP contribution in [0.5, 0.6) is 0 Å². The van der Waals surface area contributed by atoms with Gasteiger partial charge in [-0.15, -0.1) is 0 Å². The van der Waals surface area contributed by atoms with Crippen molar-refractivity contribution in [3.63, 3.8) is 0 Å². The van der Waals surface area contributed by atoms with Crippen LogP contribution in [0.25, 0.3) is 0 Å². The summed E-state index contributed by atoms with van der Waals surface area (Å²) in [6.45, 7) is 2.03. The number of amides is 2. The Labute approximate surface area is 116 Å². The summed E-state index contributed by atoms with van der Waals surface area (Å²) in [5, 5.41) is 3.02. The van der Waals surface area contributed by atoms with Gasteiger partial charge in [-0.2, -0.15) is 0 Å². The van der Waals surface area contributed by atoms with Crippen LogP contribution in [0, 0.1) is 6.92 Å². The lowest BCUT2D eigenvalue weighted by Crippen LogP contribution is -2.34. The SMILES string of the molecule is Cc1cccnc1NCN1C(=O)c2ccccc2C1=O. The molecule has 5 heteroatoms. The molecule has 0 aliphatic carbocycles. The zero-order chi connectivity index (χ0) is 14.1. The van der Waals surface area contributed by atoms with Crippen molar-refractivity contribution in [1.29, 1.82) is 0 Å². The summed E-state index contributed by atoms with van der Waals surface area (Å²) < 4.78 is 0.